The third-order valence-corrected chi connectivity index (χ3v) is 5.99. The first kappa shape index (κ1) is 24.7. The lowest BCUT2D eigenvalue weighted by atomic mass is 10.2. The lowest BCUT2D eigenvalue weighted by molar-refractivity contribution is -0.120. The van der Waals surface area contributed by atoms with E-state index < -0.39 is 0 Å². The van der Waals surface area contributed by atoms with Crippen molar-refractivity contribution in [2.24, 2.45) is 5.10 Å². The molecule has 7 heteroatoms. The smallest absolute Gasteiger partial charge is 0.253 e. The number of nitrogens with zero attached hydrogens (tertiary/aromatic N) is 1. The lowest BCUT2D eigenvalue weighted by Crippen LogP contribution is -2.26. The quantitative estimate of drug-likeness (QED) is 0.210. The number of halogens is 1. The van der Waals surface area contributed by atoms with Crippen molar-refractivity contribution in [2.45, 2.75) is 37.5 Å². The Morgan fingerprint density at radius 1 is 1.09 bits per heavy atom. The summed E-state index contributed by atoms with van der Waals surface area (Å²) in [6.45, 7) is 6.68. The predicted molar refractivity (Wildman–Crippen MR) is 136 cm³/mol. The minimum atomic E-state index is -0.272. The molecule has 0 saturated heterocycles. The molecule has 0 radical (unpaired) electrons. The Labute approximate surface area is 204 Å². The van der Waals surface area contributed by atoms with Gasteiger partial charge in [-0.05, 0) is 74.4 Å². The van der Waals surface area contributed by atoms with Crippen LogP contribution in [0.2, 0.25) is 5.02 Å². The molecule has 0 bridgehead atoms. The largest absolute Gasteiger partial charge is 0.490 e. The number of nitrogens with one attached hydrogen (secondary N) is 1. The van der Waals surface area contributed by atoms with E-state index in [2.05, 4.69) is 10.5 Å². The number of rotatable bonds is 10. The average molecular weight is 483 g/mol. The van der Waals surface area contributed by atoms with Gasteiger partial charge in [0.05, 0.1) is 18.1 Å². The fourth-order valence-corrected chi connectivity index (χ4v) is 3.99. The Hall–Kier alpha value is -2.96. The van der Waals surface area contributed by atoms with E-state index in [4.69, 9.17) is 21.1 Å². The van der Waals surface area contributed by atoms with Crippen LogP contribution in [0.4, 0.5) is 0 Å². The molecular weight excluding hydrogens is 456 g/mol. The zero-order chi connectivity index (χ0) is 23.6. The summed E-state index contributed by atoms with van der Waals surface area (Å²) in [5, 5.41) is 4.50. The zero-order valence-electron chi connectivity index (χ0n) is 18.9. The third-order valence-electron chi connectivity index (χ3n) is 4.64. The van der Waals surface area contributed by atoms with Gasteiger partial charge in [-0.25, -0.2) is 5.43 Å². The van der Waals surface area contributed by atoms with Gasteiger partial charge in [0.2, 0.25) is 0 Å². The second-order valence-corrected chi connectivity index (χ2v) is 9.22. The molecule has 3 aromatic rings. The predicted octanol–water partition coefficient (Wildman–Crippen LogP) is 6.26. The molecule has 3 aromatic carbocycles. The maximum Gasteiger partial charge on any atom is 0.253 e. The van der Waals surface area contributed by atoms with Gasteiger partial charge in [-0.1, -0.05) is 41.4 Å². The highest BCUT2D eigenvalue weighted by molar-refractivity contribution is 8.00. The molecule has 0 aliphatic carbocycles. The van der Waals surface area contributed by atoms with Gasteiger partial charge in [-0.15, -0.1) is 11.8 Å². The summed E-state index contributed by atoms with van der Waals surface area (Å²) in [6.07, 6.45) is 1.59. The molecule has 0 aromatic heterocycles. The number of benzene rings is 3. The second kappa shape index (κ2) is 12.3. The normalized spacial score (nSPS) is 11.9. The maximum atomic E-state index is 12.4. The molecule has 0 aliphatic rings. The third kappa shape index (κ3) is 7.84. The van der Waals surface area contributed by atoms with Crippen molar-refractivity contribution in [1.82, 2.24) is 5.43 Å². The van der Waals surface area contributed by atoms with E-state index in [1.807, 2.05) is 87.5 Å². The average Bonchev–Trinajstić information content (AvgIpc) is 2.80. The van der Waals surface area contributed by atoms with E-state index in [1.165, 1.54) is 17.3 Å². The zero-order valence-corrected chi connectivity index (χ0v) is 20.5. The molecule has 0 saturated carbocycles. The molecule has 5 nitrogen and oxygen atoms in total. The van der Waals surface area contributed by atoms with E-state index in [9.17, 15) is 4.79 Å². The fourth-order valence-electron chi connectivity index (χ4n) is 2.92. The Bertz CT molecular complexity index is 1100. The first-order valence-corrected chi connectivity index (χ1v) is 11.9. The van der Waals surface area contributed by atoms with E-state index in [0.29, 0.717) is 29.7 Å². The summed E-state index contributed by atoms with van der Waals surface area (Å²) in [6, 6.07) is 21.1. The highest BCUT2D eigenvalue weighted by Crippen LogP contribution is 2.29. The standard InChI is InChI=1S/C26H27ClN2O3S/c1-4-31-25-15-20(10-13-24(25)32-17-21-6-5-7-22(27)14-21)16-28-29-26(30)19(3)33-23-11-8-18(2)9-12-23/h5-16,19H,4,17H2,1-3H3,(H,29,30)/b28-16-/t19-/m1/s1. The molecule has 0 spiro atoms. The molecule has 0 unspecified atom stereocenters. The Balaban J connectivity index is 1.58. The topological polar surface area (TPSA) is 59.9 Å². The van der Waals surface area contributed by atoms with Crippen molar-refractivity contribution in [1.29, 1.82) is 0 Å². The van der Waals surface area contributed by atoms with E-state index in [-0.39, 0.29) is 11.2 Å². The molecule has 33 heavy (non-hydrogen) atoms. The highest BCUT2D eigenvalue weighted by atomic mass is 35.5. The molecule has 0 aliphatic heterocycles. The summed E-state index contributed by atoms with van der Waals surface area (Å²) in [5.74, 6) is 1.07. The van der Waals surface area contributed by atoms with Crippen LogP contribution in [0, 0.1) is 6.92 Å². The van der Waals surface area contributed by atoms with Crippen LogP contribution in [0.5, 0.6) is 11.5 Å². The summed E-state index contributed by atoms with van der Waals surface area (Å²) in [4.78, 5) is 13.4. The van der Waals surface area contributed by atoms with Gasteiger partial charge in [0.15, 0.2) is 11.5 Å². The van der Waals surface area contributed by atoms with Crippen molar-refractivity contribution in [3.63, 3.8) is 0 Å². The minimum absolute atomic E-state index is 0.164. The van der Waals surface area contributed by atoms with Gasteiger partial charge >= 0.3 is 0 Å². The molecule has 3 rings (SSSR count). The first-order valence-electron chi connectivity index (χ1n) is 10.6. The molecular formula is C26H27ClN2O3S. The molecule has 1 N–H and O–H groups in total. The van der Waals surface area contributed by atoms with Crippen LogP contribution < -0.4 is 14.9 Å². The number of aryl methyl sites for hydroxylation is 1. The molecule has 0 heterocycles. The van der Waals surface area contributed by atoms with Gasteiger partial charge in [0, 0.05) is 9.92 Å². The van der Waals surface area contributed by atoms with E-state index >= 15 is 0 Å². The van der Waals surface area contributed by atoms with Gasteiger partial charge in [-0.3, -0.25) is 4.79 Å². The van der Waals surface area contributed by atoms with Gasteiger partial charge in [-0.2, -0.15) is 5.10 Å². The maximum absolute atomic E-state index is 12.4. The number of carbonyl (C=O) groups is 1. The van der Waals surface area contributed by atoms with Crippen LogP contribution in [-0.2, 0) is 11.4 Å². The molecule has 0 fully saturated rings. The Morgan fingerprint density at radius 3 is 2.61 bits per heavy atom. The second-order valence-electron chi connectivity index (χ2n) is 7.37. The van der Waals surface area contributed by atoms with E-state index in [0.717, 1.165) is 16.0 Å². The van der Waals surface area contributed by atoms with Crippen molar-refractivity contribution in [2.75, 3.05) is 6.61 Å². The van der Waals surface area contributed by atoms with Crippen LogP contribution in [-0.4, -0.2) is 24.0 Å². The van der Waals surface area contributed by atoms with Gasteiger partial charge in [0.25, 0.3) is 5.91 Å². The van der Waals surface area contributed by atoms with Gasteiger partial charge in [0.1, 0.15) is 6.61 Å². The minimum Gasteiger partial charge on any atom is -0.490 e. The molecule has 172 valence electrons. The number of ether oxygens (including phenoxy) is 2. The van der Waals surface area contributed by atoms with Crippen LogP contribution >= 0.6 is 23.4 Å². The van der Waals surface area contributed by atoms with Crippen LogP contribution in [0.1, 0.15) is 30.5 Å². The summed E-state index contributed by atoms with van der Waals surface area (Å²) < 4.78 is 11.7. The number of amides is 1. The summed E-state index contributed by atoms with van der Waals surface area (Å²) in [7, 11) is 0. The number of carbonyl (C=O) groups excluding carboxylic acids is 1. The Morgan fingerprint density at radius 2 is 1.88 bits per heavy atom. The van der Waals surface area contributed by atoms with Crippen molar-refractivity contribution < 1.29 is 14.3 Å². The SMILES string of the molecule is CCOc1cc(/C=N\NC(=O)[C@@H](C)Sc2ccc(C)cc2)ccc1OCc1cccc(Cl)c1. The van der Waals surface area contributed by atoms with Crippen molar-refractivity contribution in [3.05, 3.63) is 88.4 Å². The van der Waals surface area contributed by atoms with Crippen molar-refractivity contribution in [3.8, 4) is 11.5 Å². The van der Waals surface area contributed by atoms with Crippen LogP contribution in [0.25, 0.3) is 0 Å². The van der Waals surface area contributed by atoms with Crippen molar-refractivity contribution >= 4 is 35.5 Å². The monoisotopic (exact) mass is 482 g/mol. The summed E-state index contributed by atoms with van der Waals surface area (Å²) >= 11 is 7.53. The molecule has 1 amide bonds. The van der Waals surface area contributed by atoms with E-state index in [1.54, 1.807) is 6.21 Å². The number of hydrogen-bond donors (Lipinski definition) is 1. The summed E-state index contributed by atoms with van der Waals surface area (Å²) in [5.41, 5.74) is 5.55. The number of hydrogen-bond acceptors (Lipinski definition) is 5. The first-order chi connectivity index (χ1) is 15.9. The highest BCUT2D eigenvalue weighted by Gasteiger charge is 2.13. The lowest BCUT2D eigenvalue weighted by Gasteiger charge is -2.13. The van der Waals surface area contributed by atoms with Crippen LogP contribution in [0.3, 0.4) is 0 Å². The number of hydrazone groups is 1. The molecule has 1 atom stereocenters. The Kier molecular flexibility index (Phi) is 9.22. The number of thioether (sulfide) groups is 1. The van der Waals surface area contributed by atoms with Gasteiger partial charge < -0.3 is 9.47 Å². The van der Waals surface area contributed by atoms with Crippen LogP contribution in [0.15, 0.2) is 76.7 Å². The fraction of sp³-hybridized carbons (Fsp3) is 0.231.